The predicted octanol–water partition coefficient (Wildman–Crippen LogP) is 2.09. The number of hydrogen-bond acceptors (Lipinski definition) is 3. The first-order valence-electron chi connectivity index (χ1n) is 7.78. The van der Waals surface area contributed by atoms with Gasteiger partial charge in [0.15, 0.2) is 0 Å². The number of nitrogens with zero attached hydrogens (tertiary/aromatic N) is 2. The Bertz CT molecular complexity index is 269. The fourth-order valence-electron chi connectivity index (χ4n) is 3.16. The molecule has 0 spiro atoms. The van der Waals surface area contributed by atoms with E-state index in [0.717, 1.165) is 32.4 Å². The molecule has 0 aromatic heterocycles. The van der Waals surface area contributed by atoms with E-state index in [2.05, 4.69) is 10.2 Å². The molecule has 20 heavy (non-hydrogen) atoms. The summed E-state index contributed by atoms with van der Waals surface area (Å²) in [6.07, 6.45) is 1.40. The van der Waals surface area contributed by atoms with E-state index >= 15 is 0 Å². The number of rotatable bonds is 6. The summed E-state index contributed by atoms with van der Waals surface area (Å²) < 4.78 is 36.8. The number of likely N-dealkylation sites (tertiary alicyclic amines) is 2. The third-order valence-corrected chi connectivity index (χ3v) is 4.27. The van der Waals surface area contributed by atoms with E-state index in [4.69, 9.17) is 0 Å². The van der Waals surface area contributed by atoms with Crippen LogP contribution in [0.2, 0.25) is 0 Å². The Balaban J connectivity index is 1.51. The van der Waals surface area contributed by atoms with Crippen LogP contribution >= 0.6 is 0 Å². The van der Waals surface area contributed by atoms with Gasteiger partial charge in [-0.1, -0.05) is 0 Å². The summed E-state index contributed by atoms with van der Waals surface area (Å²) in [5.41, 5.74) is 0. The van der Waals surface area contributed by atoms with Crippen LogP contribution in [0, 0.1) is 0 Å². The molecule has 2 aliphatic rings. The van der Waals surface area contributed by atoms with E-state index in [1.807, 2.05) is 0 Å². The summed E-state index contributed by atoms with van der Waals surface area (Å²) in [6, 6.07) is 0.401. The second-order valence-electron chi connectivity index (χ2n) is 6.02. The Morgan fingerprint density at radius 2 is 1.60 bits per heavy atom. The van der Waals surface area contributed by atoms with E-state index < -0.39 is 12.7 Å². The lowest BCUT2D eigenvalue weighted by Crippen LogP contribution is -2.45. The number of piperidine rings is 1. The molecule has 2 fully saturated rings. The van der Waals surface area contributed by atoms with Crippen LogP contribution in [-0.2, 0) is 0 Å². The predicted molar refractivity (Wildman–Crippen MR) is 73.8 cm³/mol. The first-order valence-corrected chi connectivity index (χ1v) is 7.78. The molecule has 2 heterocycles. The van der Waals surface area contributed by atoms with Crippen molar-refractivity contribution in [1.29, 1.82) is 0 Å². The summed E-state index contributed by atoms with van der Waals surface area (Å²) >= 11 is 0. The van der Waals surface area contributed by atoms with Gasteiger partial charge in [0.05, 0.1) is 6.54 Å². The van der Waals surface area contributed by atoms with Crippen molar-refractivity contribution < 1.29 is 13.2 Å². The number of halogens is 3. The summed E-state index contributed by atoms with van der Waals surface area (Å²) in [7, 11) is 0. The molecule has 0 bridgehead atoms. The second kappa shape index (κ2) is 7.61. The van der Waals surface area contributed by atoms with Crippen molar-refractivity contribution in [3.8, 4) is 0 Å². The Kier molecular flexibility index (Phi) is 6.11. The average Bonchev–Trinajstić information content (AvgIpc) is 2.88. The maximum absolute atomic E-state index is 12.3. The molecular weight excluding hydrogens is 267 g/mol. The molecule has 2 saturated heterocycles. The SMILES string of the molecule is FC(F)(F)CN1CCC(NCCCN2CCCC2)CC1. The molecule has 1 N–H and O–H groups in total. The maximum atomic E-state index is 12.3. The standard InChI is InChI=1S/C14H26F3N3/c15-14(16,17)12-20-10-4-13(5-11-20)18-6-3-9-19-7-1-2-8-19/h13,18H,1-12H2. The van der Waals surface area contributed by atoms with E-state index in [-0.39, 0.29) is 0 Å². The van der Waals surface area contributed by atoms with Gasteiger partial charge in [-0.25, -0.2) is 0 Å². The summed E-state index contributed by atoms with van der Waals surface area (Å²) in [4.78, 5) is 4.01. The average molecular weight is 293 g/mol. The molecule has 0 unspecified atom stereocenters. The molecule has 0 atom stereocenters. The van der Waals surface area contributed by atoms with Gasteiger partial charge in [-0.05, 0) is 71.4 Å². The highest BCUT2D eigenvalue weighted by Gasteiger charge is 2.32. The van der Waals surface area contributed by atoms with Gasteiger partial charge in [0.25, 0.3) is 0 Å². The van der Waals surface area contributed by atoms with Crippen molar-refractivity contribution in [2.45, 2.75) is 44.3 Å². The third-order valence-electron chi connectivity index (χ3n) is 4.27. The normalized spacial score (nSPS) is 23.6. The summed E-state index contributed by atoms with van der Waals surface area (Å²) in [6.45, 7) is 4.97. The third kappa shape index (κ3) is 5.97. The minimum absolute atomic E-state index is 0.401. The molecule has 6 heteroatoms. The van der Waals surface area contributed by atoms with Crippen molar-refractivity contribution in [3.63, 3.8) is 0 Å². The number of hydrogen-bond donors (Lipinski definition) is 1. The van der Waals surface area contributed by atoms with Crippen LogP contribution in [0.5, 0.6) is 0 Å². The Hall–Kier alpha value is -0.330. The van der Waals surface area contributed by atoms with Gasteiger partial charge >= 0.3 is 6.18 Å². The molecule has 0 radical (unpaired) electrons. The van der Waals surface area contributed by atoms with Gasteiger partial charge in [-0.3, -0.25) is 4.90 Å². The lowest BCUT2D eigenvalue weighted by Gasteiger charge is -2.32. The molecule has 3 nitrogen and oxygen atoms in total. The van der Waals surface area contributed by atoms with Crippen LogP contribution in [0.15, 0.2) is 0 Å². The van der Waals surface area contributed by atoms with E-state index in [1.165, 1.54) is 30.8 Å². The van der Waals surface area contributed by atoms with Crippen molar-refractivity contribution in [2.24, 2.45) is 0 Å². The van der Waals surface area contributed by atoms with Crippen LogP contribution in [-0.4, -0.2) is 67.8 Å². The summed E-state index contributed by atoms with van der Waals surface area (Å²) in [5, 5.41) is 3.49. The largest absolute Gasteiger partial charge is 0.401 e. The molecule has 2 aliphatic heterocycles. The number of nitrogens with one attached hydrogen (secondary N) is 1. The van der Waals surface area contributed by atoms with Crippen LogP contribution in [0.1, 0.15) is 32.1 Å². The Morgan fingerprint density at radius 1 is 0.950 bits per heavy atom. The molecule has 0 saturated carbocycles. The van der Waals surface area contributed by atoms with Crippen LogP contribution in [0.3, 0.4) is 0 Å². The van der Waals surface area contributed by atoms with Gasteiger partial charge in [0.1, 0.15) is 0 Å². The van der Waals surface area contributed by atoms with Crippen LogP contribution in [0.25, 0.3) is 0 Å². The quantitative estimate of drug-likeness (QED) is 0.757. The highest BCUT2D eigenvalue weighted by Crippen LogP contribution is 2.19. The van der Waals surface area contributed by atoms with Crippen molar-refractivity contribution >= 4 is 0 Å². The molecule has 0 aromatic rings. The molecular formula is C14H26F3N3. The van der Waals surface area contributed by atoms with E-state index in [1.54, 1.807) is 0 Å². The Morgan fingerprint density at radius 3 is 2.20 bits per heavy atom. The van der Waals surface area contributed by atoms with Crippen LogP contribution in [0.4, 0.5) is 13.2 Å². The van der Waals surface area contributed by atoms with Gasteiger partial charge < -0.3 is 10.2 Å². The van der Waals surface area contributed by atoms with Crippen molar-refractivity contribution in [3.05, 3.63) is 0 Å². The van der Waals surface area contributed by atoms with Gasteiger partial charge in [0.2, 0.25) is 0 Å². The summed E-state index contributed by atoms with van der Waals surface area (Å²) in [5.74, 6) is 0. The lowest BCUT2D eigenvalue weighted by atomic mass is 10.0. The molecule has 0 aromatic carbocycles. The first kappa shape index (κ1) is 16.0. The molecule has 2 rings (SSSR count). The second-order valence-corrected chi connectivity index (χ2v) is 6.02. The zero-order chi connectivity index (χ0) is 14.4. The fourth-order valence-corrected chi connectivity index (χ4v) is 3.16. The van der Waals surface area contributed by atoms with Gasteiger partial charge in [0, 0.05) is 6.04 Å². The van der Waals surface area contributed by atoms with E-state index in [9.17, 15) is 13.2 Å². The zero-order valence-corrected chi connectivity index (χ0v) is 12.1. The smallest absolute Gasteiger partial charge is 0.314 e. The minimum Gasteiger partial charge on any atom is -0.314 e. The lowest BCUT2D eigenvalue weighted by molar-refractivity contribution is -0.148. The van der Waals surface area contributed by atoms with Gasteiger partial charge in [-0.2, -0.15) is 13.2 Å². The highest BCUT2D eigenvalue weighted by molar-refractivity contribution is 4.78. The zero-order valence-electron chi connectivity index (χ0n) is 12.1. The topological polar surface area (TPSA) is 18.5 Å². The van der Waals surface area contributed by atoms with Crippen molar-refractivity contribution in [2.75, 3.05) is 45.8 Å². The monoisotopic (exact) mass is 293 g/mol. The maximum Gasteiger partial charge on any atom is 0.401 e. The fraction of sp³-hybridized carbons (Fsp3) is 1.00. The molecule has 0 aliphatic carbocycles. The van der Waals surface area contributed by atoms with Crippen LogP contribution < -0.4 is 5.32 Å². The highest BCUT2D eigenvalue weighted by atomic mass is 19.4. The Labute approximate surface area is 119 Å². The minimum atomic E-state index is -4.06. The van der Waals surface area contributed by atoms with E-state index in [0.29, 0.717) is 19.1 Å². The molecule has 0 amide bonds. The van der Waals surface area contributed by atoms with Gasteiger partial charge in [-0.15, -0.1) is 0 Å². The number of alkyl halides is 3. The van der Waals surface area contributed by atoms with Crippen molar-refractivity contribution in [1.82, 2.24) is 15.1 Å². The first-order chi connectivity index (χ1) is 9.53. The molecule has 118 valence electrons.